The van der Waals surface area contributed by atoms with Crippen molar-refractivity contribution in [2.75, 3.05) is 20.8 Å². The van der Waals surface area contributed by atoms with E-state index in [0.29, 0.717) is 13.2 Å². The van der Waals surface area contributed by atoms with E-state index in [1.54, 1.807) is 14.2 Å². The summed E-state index contributed by atoms with van der Waals surface area (Å²) >= 11 is 0. The number of hydrogen-bond acceptors (Lipinski definition) is 5. The van der Waals surface area contributed by atoms with Crippen molar-refractivity contribution in [1.29, 1.82) is 0 Å². The van der Waals surface area contributed by atoms with Crippen molar-refractivity contribution in [2.24, 2.45) is 5.92 Å². The Morgan fingerprint density at radius 1 is 1.27 bits per heavy atom. The van der Waals surface area contributed by atoms with Crippen molar-refractivity contribution in [3.05, 3.63) is 23.8 Å². The van der Waals surface area contributed by atoms with Crippen molar-refractivity contribution < 1.29 is 19.0 Å². The summed E-state index contributed by atoms with van der Waals surface area (Å²) in [6, 6.07) is 5.94. The SMILES string of the molecule is CCOC(=O)[C@H]1CCC[C@H]1NCc1ccc(OC)cc1OC. The molecule has 1 saturated carbocycles. The first-order valence-electron chi connectivity index (χ1n) is 7.80. The van der Waals surface area contributed by atoms with Crippen molar-refractivity contribution in [3.8, 4) is 11.5 Å². The lowest BCUT2D eigenvalue weighted by molar-refractivity contribution is -0.148. The summed E-state index contributed by atoms with van der Waals surface area (Å²) in [5.41, 5.74) is 1.05. The lowest BCUT2D eigenvalue weighted by Gasteiger charge is -2.20. The second kappa shape index (κ2) is 8.03. The molecule has 122 valence electrons. The number of carbonyl (C=O) groups excluding carboxylic acids is 1. The minimum Gasteiger partial charge on any atom is -0.497 e. The van der Waals surface area contributed by atoms with Crippen LogP contribution in [0.3, 0.4) is 0 Å². The van der Waals surface area contributed by atoms with Gasteiger partial charge < -0.3 is 19.5 Å². The first-order valence-corrected chi connectivity index (χ1v) is 7.80. The van der Waals surface area contributed by atoms with Gasteiger partial charge in [-0.2, -0.15) is 0 Å². The molecule has 0 unspecified atom stereocenters. The third-order valence-corrected chi connectivity index (χ3v) is 4.15. The predicted molar refractivity (Wildman–Crippen MR) is 84.1 cm³/mol. The predicted octanol–water partition coefficient (Wildman–Crippen LogP) is 2.53. The summed E-state index contributed by atoms with van der Waals surface area (Å²) in [5, 5.41) is 3.48. The normalized spacial score (nSPS) is 20.7. The van der Waals surface area contributed by atoms with Gasteiger partial charge in [0.15, 0.2) is 0 Å². The summed E-state index contributed by atoms with van der Waals surface area (Å²) in [6.07, 6.45) is 2.96. The van der Waals surface area contributed by atoms with Crippen LogP contribution in [-0.2, 0) is 16.1 Å². The zero-order valence-corrected chi connectivity index (χ0v) is 13.6. The molecule has 2 rings (SSSR count). The van der Waals surface area contributed by atoms with E-state index in [-0.39, 0.29) is 17.9 Å². The summed E-state index contributed by atoms with van der Waals surface area (Å²) in [4.78, 5) is 12.0. The van der Waals surface area contributed by atoms with Crippen LogP contribution < -0.4 is 14.8 Å². The highest BCUT2D eigenvalue weighted by atomic mass is 16.5. The molecule has 0 radical (unpaired) electrons. The lowest BCUT2D eigenvalue weighted by Crippen LogP contribution is -2.36. The average molecular weight is 307 g/mol. The van der Waals surface area contributed by atoms with Crippen molar-refractivity contribution in [2.45, 2.75) is 38.8 Å². The molecule has 1 aromatic rings. The zero-order chi connectivity index (χ0) is 15.9. The Kier molecular flexibility index (Phi) is 6.07. The van der Waals surface area contributed by atoms with Crippen LogP contribution in [0.15, 0.2) is 18.2 Å². The molecule has 0 saturated heterocycles. The van der Waals surface area contributed by atoms with Crippen molar-refractivity contribution in [1.82, 2.24) is 5.32 Å². The van der Waals surface area contributed by atoms with E-state index in [2.05, 4.69) is 5.32 Å². The molecule has 0 aliphatic heterocycles. The fourth-order valence-corrected chi connectivity index (χ4v) is 2.97. The van der Waals surface area contributed by atoms with Gasteiger partial charge in [0.1, 0.15) is 11.5 Å². The van der Waals surface area contributed by atoms with Crippen LogP contribution in [0.4, 0.5) is 0 Å². The van der Waals surface area contributed by atoms with Crippen LogP contribution in [-0.4, -0.2) is 32.8 Å². The average Bonchev–Trinajstić information content (AvgIpc) is 3.01. The summed E-state index contributed by atoms with van der Waals surface area (Å²) in [6.45, 7) is 2.94. The Hall–Kier alpha value is -1.75. The maximum absolute atomic E-state index is 12.0. The zero-order valence-electron chi connectivity index (χ0n) is 13.6. The Labute approximate surface area is 131 Å². The molecular formula is C17H25NO4. The van der Waals surface area contributed by atoms with E-state index >= 15 is 0 Å². The minimum absolute atomic E-state index is 0.0378. The molecule has 5 nitrogen and oxygen atoms in total. The molecular weight excluding hydrogens is 282 g/mol. The van der Waals surface area contributed by atoms with Crippen LogP contribution >= 0.6 is 0 Å². The van der Waals surface area contributed by atoms with Gasteiger partial charge in [0, 0.05) is 24.2 Å². The van der Waals surface area contributed by atoms with Crippen LogP contribution in [0.2, 0.25) is 0 Å². The number of nitrogens with one attached hydrogen (secondary N) is 1. The molecule has 5 heteroatoms. The monoisotopic (exact) mass is 307 g/mol. The number of rotatable bonds is 7. The number of carbonyl (C=O) groups is 1. The molecule has 1 fully saturated rings. The van der Waals surface area contributed by atoms with E-state index in [1.165, 1.54) is 0 Å². The highest BCUT2D eigenvalue weighted by Gasteiger charge is 2.33. The molecule has 2 atom stereocenters. The Morgan fingerprint density at radius 3 is 2.77 bits per heavy atom. The van der Waals surface area contributed by atoms with Gasteiger partial charge in [-0.05, 0) is 25.8 Å². The van der Waals surface area contributed by atoms with Crippen LogP contribution in [0.5, 0.6) is 11.5 Å². The molecule has 1 aromatic carbocycles. The molecule has 1 aliphatic carbocycles. The number of methoxy groups -OCH3 is 2. The van der Waals surface area contributed by atoms with Crippen molar-refractivity contribution >= 4 is 5.97 Å². The van der Waals surface area contributed by atoms with Gasteiger partial charge in [0.25, 0.3) is 0 Å². The molecule has 0 heterocycles. The number of benzene rings is 1. The van der Waals surface area contributed by atoms with E-state index in [0.717, 1.165) is 36.3 Å². The number of ether oxygens (including phenoxy) is 3. The van der Waals surface area contributed by atoms with Gasteiger partial charge in [0.2, 0.25) is 0 Å². The van der Waals surface area contributed by atoms with Crippen LogP contribution in [0.25, 0.3) is 0 Å². The second-order valence-corrected chi connectivity index (χ2v) is 5.45. The molecule has 1 N–H and O–H groups in total. The first kappa shape index (κ1) is 16.6. The van der Waals surface area contributed by atoms with E-state index < -0.39 is 0 Å². The number of hydrogen-bond donors (Lipinski definition) is 1. The van der Waals surface area contributed by atoms with Crippen LogP contribution in [0.1, 0.15) is 31.7 Å². The van der Waals surface area contributed by atoms with Crippen molar-refractivity contribution in [3.63, 3.8) is 0 Å². The summed E-state index contributed by atoms with van der Waals surface area (Å²) in [7, 11) is 3.28. The highest BCUT2D eigenvalue weighted by molar-refractivity contribution is 5.73. The summed E-state index contributed by atoms with van der Waals surface area (Å²) < 4.78 is 15.8. The molecule has 0 bridgehead atoms. The van der Waals surface area contributed by atoms with Gasteiger partial charge in [-0.25, -0.2) is 0 Å². The fourth-order valence-electron chi connectivity index (χ4n) is 2.97. The van der Waals surface area contributed by atoms with E-state index in [1.807, 2.05) is 25.1 Å². The quantitative estimate of drug-likeness (QED) is 0.785. The first-order chi connectivity index (χ1) is 10.7. The Morgan fingerprint density at radius 2 is 2.09 bits per heavy atom. The van der Waals surface area contributed by atoms with E-state index in [4.69, 9.17) is 14.2 Å². The third kappa shape index (κ3) is 3.91. The van der Waals surface area contributed by atoms with Gasteiger partial charge in [0.05, 0.1) is 26.7 Å². The molecule has 0 amide bonds. The molecule has 1 aliphatic rings. The number of esters is 1. The highest BCUT2D eigenvalue weighted by Crippen LogP contribution is 2.29. The van der Waals surface area contributed by atoms with Gasteiger partial charge in [-0.15, -0.1) is 0 Å². The molecule has 0 aromatic heterocycles. The van der Waals surface area contributed by atoms with Gasteiger partial charge >= 0.3 is 5.97 Å². The maximum Gasteiger partial charge on any atom is 0.310 e. The lowest BCUT2D eigenvalue weighted by atomic mass is 10.0. The fraction of sp³-hybridized carbons (Fsp3) is 0.588. The summed E-state index contributed by atoms with van der Waals surface area (Å²) in [5.74, 6) is 1.44. The molecule has 0 spiro atoms. The van der Waals surface area contributed by atoms with Gasteiger partial charge in [-0.3, -0.25) is 4.79 Å². The Balaban J connectivity index is 1.98. The van der Waals surface area contributed by atoms with Gasteiger partial charge in [-0.1, -0.05) is 12.5 Å². The molecule has 22 heavy (non-hydrogen) atoms. The third-order valence-electron chi connectivity index (χ3n) is 4.15. The minimum atomic E-state index is -0.0841. The smallest absolute Gasteiger partial charge is 0.310 e. The standard InChI is InChI=1S/C17H25NO4/c1-4-22-17(19)14-6-5-7-15(14)18-11-12-8-9-13(20-2)10-16(12)21-3/h8-10,14-15,18H,4-7,11H2,1-3H3/t14-,15+/m0/s1. The Bertz CT molecular complexity index is 503. The second-order valence-electron chi connectivity index (χ2n) is 5.45. The largest absolute Gasteiger partial charge is 0.497 e. The topological polar surface area (TPSA) is 56.8 Å². The maximum atomic E-state index is 12.0. The van der Waals surface area contributed by atoms with Crippen LogP contribution in [0, 0.1) is 5.92 Å². The van der Waals surface area contributed by atoms with E-state index in [9.17, 15) is 4.79 Å².